The maximum Gasteiger partial charge on any atom is 0.261 e. The monoisotopic (exact) mass is 184 g/mol. The van der Waals surface area contributed by atoms with Crippen molar-refractivity contribution in [2.45, 2.75) is 34.1 Å². The summed E-state index contributed by atoms with van der Waals surface area (Å²) in [4.78, 5) is 11.4. The number of hydrogen-bond acceptors (Lipinski definition) is 2. The van der Waals surface area contributed by atoms with Gasteiger partial charge < -0.3 is 0 Å². The number of hydrogen-bond donors (Lipinski definition) is 2. The molecule has 0 radical (unpaired) electrons. The molecule has 0 aromatic heterocycles. The van der Waals surface area contributed by atoms with E-state index in [0.717, 1.165) is 13.0 Å². The van der Waals surface area contributed by atoms with Gasteiger partial charge in [0.05, 0.1) is 0 Å². The highest BCUT2D eigenvalue weighted by Gasteiger charge is 2.20. The fraction of sp³-hybridized carbons (Fsp3) is 0.700. The molecule has 0 bridgehead atoms. The lowest BCUT2D eigenvalue weighted by molar-refractivity contribution is -0.119. The average molecular weight is 184 g/mol. The highest BCUT2D eigenvalue weighted by Crippen LogP contribution is 2.22. The Bertz CT molecular complexity index is 192. The number of carbonyl (C=O) groups is 1. The molecule has 0 saturated carbocycles. The topological polar surface area (TPSA) is 41.1 Å². The van der Waals surface area contributed by atoms with E-state index in [4.69, 9.17) is 0 Å². The van der Waals surface area contributed by atoms with Crippen LogP contribution in [0.15, 0.2) is 12.2 Å². The van der Waals surface area contributed by atoms with Gasteiger partial charge in [0.15, 0.2) is 0 Å². The van der Waals surface area contributed by atoms with Gasteiger partial charge in [-0.2, -0.15) is 0 Å². The molecule has 0 aliphatic heterocycles. The summed E-state index contributed by atoms with van der Waals surface area (Å²) in [5, 5.41) is 0. The number of nitrogens with one attached hydrogen (secondary N) is 2. The molecule has 13 heavy (non-hydrogen) atoms. The van der Waals surface area contributed by atoms with Crippen molar-refractivity contribution in [2.75, 3.05) is 6.54 Å². The van der Waals surface area contributed by atoms with Gasteiger partial charge in [-0.15, -0.1) is 0 Å². The minimum atomic E-state index is -0.169. The third kappa shape index (κ3) is 4.68. The second-order valence-electron chi connectivity index (χ2n) is 4.11. The second kappa shape index (κ2) is 5.02. The van der Waals surface area contributed by atoms with Gasteiger partial charge in [0.2, 0.25) is 0 Å². The first-order valence-corrected chi connectivity index (χ1v) is 4.62. The lowest BCUT2D eigenvalue weighted by atomic mass is 9.87. The predicted octanol–water partition coefficient (Wildman–Crippen LogP) is 1.62. The number of rotatable bonds is 4. The Morgan fingerprint density at radius 3 is 2.31 bits per heavy atom. The molecule has 0 rings (SSSR count). The first kappa shape index (κ1) is 12.2. The highest BCUT2D eigenvalue weighted by atomic mass is 16.2. The van der Waals surface area contributed by atoms with E-state index in [0.29, 0.717) is 5.57 Å². The molecule has 0 atom stereocenters. The summed E-state index contributed by atoms with van der Waals surface area (Å²) in [6.45, 7) is 12.5. The summed E-state index contributed by atoms with van der Waals surface area (Å²) < 4.78 is 0. The minimum Gasteiger partial charge on any atom is -0.288 e. The van der Waals surface area contributed by atoms with Gasteiger partial charge >= 0.3 is 0 Å². The maximum atomic E-state index is 11.4. The molecule has 0 aliphatic carbocycles. The molecule has 0 spiro atoms. The van der Waals surface area contributed by atoms with Gasteiger partial charge in [0.1, 0.15) is 0 Å². The number of carbonyl (C=O) groups excluding carboxylic acids is 1. The summed E-state index contributed by atoms with van der Waals surface area (Å²) in [5.41, 5.74) is 5.85. The van der Waals surface area contributed by atoms with E-state index < -0.39 is 0 Å². The van der Waals surface area contributed by atoms with Gasteiger partial charge in [-0.05, 0) is 11.8 Å². The zero-order valence-corrected chi connectivity index (χ0v) is 9.03. The first-order valence-electron chi connectivity index (χ1n) is 4.62. The van der Waals surface area contributed by atoms with E-state index >= 15 is 0 Å². The van der Waals surface area contributed by atoms with Crippen molar-refractivity contribution < 1.29 is 4.79 Å². The zero-order chi connectivity index (χ0) is 10.5. The van der Waals surface area contributed by atoms with E-state index in [1.807, 2.05) is 27.7 Å². The normalized spacial score (nSPS) is 11.1. The SMILES string of the molecule is C=C(C(=O)NNCCC)C(C)(C)C. The molecule has 0 fully saturated rings. The van der Waals surface area contributed by atoms with Crippen LogP contribution in [0.25, 0.3) is 0 Å². The quantitative estimate of drug-likeness (QED) is 0.396. The van der Waals surface area contributed by atoms with Crippen LogP contribution in [-0.4, -0.2) is 12.5 Å². The van der Waals surface area contributed by atoms with Gasteiger partial charge in [0.25, 0.3) is 5.91 Å². The molecule has 0 unspecified atom stereocenters. The summed E-state index contributed by atoms with van der Waals surface area (Å²) in [7, 11) is 0. The Hall–Kier alpha value is -0.830. The van der Waals surface area contributed by atoms with E-state index in [1.54, 1.807) is 0 Å². The Labute approximate surface area is 80.6 Å². The Morgan fingerprint density at radius 2 is 1.92 bits per heavy atom. The molecule has 3 nitrogen and oxygen atoms in total. The van der Waals surface area contributed by atoms with Crippen LogP contribution in [-0.2, 0) is 4.79 Å². The molecule has 0 aromatic rings. The summed E-state index contributed by atoms with van der Waals surface area (Å²) in [6, 6.07) is 0. The number of amides is 1. The van der Waals surface area contributed by atoms with Crippen molar-refractivity contribution in [1.82, 2.24) is 10.9 Å². The average Bonchev–Trinajstić information content (AvgIpc) is 2.01. The Morgan fingerprint density at radius 1 is 1.38 bits per heavy atom. The molecule has 0 heterocycles. The fourth-order valence-corrected chi connectivity index (χ4v) is 0.684. The van der Waals surface area contributed by atoms with E-state index in [2.05, 4.69) is 17.4 Å². The molecule has 76 valence electrons. The molecule has 0 aromatic carbocycles. The predicted molar refractivity (Wildman–Crippen MR) is 55.0 cm³/mol. The van der Waals surface area contributed by atoms with Gasteiger partial charge in [-0.3, -0.25) is 10.2 Å². The highest BCUT2D eigenvalue weighted by molar-refractivity contribution is 5.93. The van der Waals surface area contributed by atoms with Crippen molar-refractivity contribution in [3.8, 4) is 0 Å². The smallest absolute Gasteiger partial charge is 0.261 e. The molecule has 0 aliphatic rings. The molecular formula is C10H20N2O. The molecule has 1 amide bonds. The van der Waals surface area contributed by atoms with Crippen molar-refractivity contribution in [3.63, 3.8) is 0 Å². The van der Waals surface area contributed by atoms with Crippen LogP contribution in [0.1, 0.15) is 34.1 Å². The van der Waals surface area contributed by atoms with Crippen LogP contribution < -0.4 is 10.9 Å². The van der Waals surface area contributed by atoms with Gasteiger partial charge in [-0.1, -0.05) is 34.3 Å². The molecule has 3 heteroatoms. The summed E-state index contributed by atoms with van der Waals surface area (Å²) in [5.74, 6) is -0.124. The van der Waals surface area contributed by atoms with Crippen molar-refractivity contribution in [3.05, 3.63) is 12.2 Å². The molecular weight excluding hydrogens is 164 g/mol. The number of hydrazine groups is 1. The fourth-order valence-electron chi connectivity index (χ4n) is 0.684. The van der Waals surface area contributed by atoms with Crippen molar-refractivity contribution in [1.29, 1.82) is 0 Å². The van der Waals surface area contributed by atoms with E-state index in [-0.39, 0.29) is 11.3 Å². The van der Waals surface area contributed by atoms with Crippen LogP contribution >= 0.6 is 0 Å². The molecule has 0 saturated heterocycles. The van der Waals surface area contributed by atoms with Gasteiger partial charge in [0, 0.05) is 12.1 Å². The Balaban J connectivity index is 3.92. The third-order valence-corrected chi connectivity index (χ3v) is 1.76. The van der Waals surface area contributed by atoms with Crippen LogP contribution in [0.2, 0.25) is 0 Å². The lowest BCUT2D eigenvalue weighted by Crippen LogP contribution is -2.40. The van der Waals surface area contributed by atoms with Crippen LogP contribution in [0.5, 0.6) is 0 Å². The Kier molecular flexibility index (Phi) is 4.70. The van der Waals surface area contributed by atoms with Crippen LogP contribution in [0.3, 0.4) is 0 Å². The van der Waals surface area contributed by atoms with E-state index in [9.17, 15) is 4.79 Å². The second-order valence-corrected chi connectivity index (χ2v) is 4.11. The first-order chi connectivity index (χ1) is 5.89. The molecule has 2 N–H and O–H groups in total. The van der Waals surface area contributed by atoms with Crippen molar-refractivity contribution in [2.24, 2.45) is 5.41 Å². The van der Waals surface area contributed by atoms with Crippen LogP contribution in [0.4, 0.5) is 0 Å². The maximum absolute atomic E-state index is 11.4. The standard InChI is InChI=1S/C10H20N2O/c1-6-7-11-12-9(13)8(2)10(3,4)5/h11H,2,6-7H2,1,3-5H3,(H,12,13). The minimum absolute atomic E-state index is 0.124. The van der Waals surface area contributed by atoms with Crippen molar-refractivity contribution >= 4 is 5.91 Å². The summed E-state index contributed by atoms with van der Waals surface area (Å²) in [6.07, 6.45) is 0.988. The van der Waals surface area contributed by atoms with Crippen LogP contribution in [0, 0.1) is 5.41 Å². The zero-order valence-electron chi connectivity index (χ0n) is 9.03. The lowest BCUT2D eigenvalue weighted by Gasteiger charge is -2.20. The van der Waals surface area contributed by atoms with E-state index in [1.165, 1.54) is 0 Å². The summed E-state index contributed by atoms with van der Waals surface area (Å²) >= 11 is 0. The van der Waals surface area contributed by atoms with Gasteiger partial charge in [-0.25, -0.2) is 5.43 Å². The largest absolute Gasteiger partial charge is 0.288 e. The third-order valence-electron chi connectivity index (χ3n) is 1.76.